The zero-order chi connectivity index (χ0) is 7.61. The lowest BCUT2D eigenvalue weighted by Crippen LogP contribution is -2.36. The van der Waals surface area contributed by atoms with Gasteiger partial charge in [-0.3, -0.25) is 0 Å². The zero-order valence-electron chi connectivity index (χ0n) is 5.85. The summed E-state index contributed by atoms with van der Waals surface area (Å²) in [7, 11) is 11.3. The minimum absolute atomic E-state index is 0.348. The summed E-state index contributed by atoms with van der Waals surface area (Å²) in [5.41, 5.74) is 0. The first-order valence-electron chi connectivity index (χ1n) is 3.45. The molecule has 1 heterocycles. The van der Waals surface area contributed by atoms with Gasteiger partial charge in [0.05, 0.1) is 15.7 Å². The molecule has 0 spiro atoms. The van der Waals surface area contributed by atoms with Crippen molar-refractivity contribution in [3.8, 4) is 0 Å². The molecule has 0 aromatic rings. The Kier molecular flexibility index (Phi) is 2.87. The quantitative estimate of drug-likeness (QED) is 0.448. The Bertz CT molecular complexity index is 107. The molecule has 0 bridgehead atoms. The lowest BCUT2D eigenvalue weighted by molar-refractivity contribution is 0.0683. The van der Waals surface area contributed by atoms with Crippen LogP contribution < -0.4 is 0 Å². The van der Waals surface area contributed by atoms with Crippen LogP contribution in [0.4, 0.5) is 0 Å². The molecule has 1 aliphatic heterocycles. The average Bonchev–Trinajstić information content (AvgIpc) is 1.88. The highest BCUT2D eigenvalue weighted by Crippen LogP contribution is 2.28. The molecular weight excluding hydrogens is 190 g/mol. The number of ether oxygens (including phenoxy) is 1. The lowest BCUT2D eigenvalue weighted by Gasteiger charge is -2.32. The number of rotatable bonds is 1. The molecule has 1 aliphatic rings. The molecule has 1 fully saturated rings. The van der Waals surface area contributed by atoms with E-state index in [1.54, 1.807) is 0 Å². The zero-order valence-corrected chi connectivity index (χ0v) is 7.43. The van der Waals surface area contributed by atoms with Gasteiger partial charge in [0.1, 0.15) is 0 Å². The van der Waals surface area contributed by atoms with Crippen LogP contribution in [-0.4, -0.2) is 33.0 Å². The highest BCUT2D eigenvalue weighted by Gasteiger charge is 2.26. The maximum Gasteiger partial charge on any atom is 0.0774 e. The van der Waals surface area contributed by atoms with Crippen molar-refractivity contribution in [3.63, 3.8) is 0 Å². The Morgan fingerprint density at radius 3 is 2.10 bits per heavy atom. The van der Waals surface area contributed by atoms with Crippen LogP contribution in [0.3, 0.4) is 0 Å². The third-order valence-electron chi connectivity index (χ3n) is 1.85. The first-order valence-corrected chi connectivity index (χ1v) is 4.24. The van der Waals surface area contributed by atoms with Crippen molar-refractivity contribution in [2.75, 3.05) is 13.2 Å². The highest BCUT2D eigenvalue weighted by molar-refractivity contribution is 9.11. The molecule has 0 saturated carbocycles. The van der Waals surface area contributed by atoms with E-state index in [0.29, 0.717) is 5.92 Å². The van der Waals surface area contributed by atoms with Gasteiger partial charge in [-0.15, -0.1) is 15.9 Å². The van der Waals surface area contributed by atoms with Crippen molar-refractivity contribution >= 4 is 31.6 Å². The first kappa shape index (κ1) is 8.66. The predicted molar refractivity (Wildman–Crippen MR) is 46.7 cm³/mol. The molecule has 52 valence electrons. The Hall–Kier alpha value is 0.570. The Labute approximate surface area is 72.8 Å². The number of alkyl halides is 1. The fourth-order valence-corrected chi connectivity index (χ4v) is 1.60. The van der Waals surface area contributed by atoms with Crippen molar-refractivity contribution in [1.29, 1.82) is 0 Å². The summed E-state index contributed by atoms with van der Waals surface area (Å²) in [5.74, 6) is 0.348. The number of hydrogen-bond donors (Lipinski definition) is 0. The third kappa shape index (κ3) is 2.31. The van der Waals surface area contributed by atoms with Crippen LogP contribution in [0, 0.1) is 5.92 Å². The van der Waals surface area contributed by atoms with Gasteiger partial charge in [0.2, 0.25) is 0 Å². The van der Waals surface area contributed by atoms with Crippen LogP contribution in [-0.2, 0) is 4.74 Å². The number of halogens is 1. The monoisotopic (exact) mass is 198 g/mol. The van der Waals surface area contributed by atoms with Crippen LogP contribution in [0.5, 0.6) is 0 Å². The smallest absolute Gasteiger partial charge is 0.0774 e. The van der Waals surface area contributed by atoms with Crippen molar-refractivity contribution in [3.05, 3.63) is 0 Å². The van der Waals surface area contributed by atoms with Crippen molar-refractivity contribution in [1.82, 2.24) is 0 Å². The third-order valence-corrected chi connectivity index (χ3v) is 2.49. The summed E-state index contributed by atoms with van der Waals surface area (Å²) in [4.78, 5) is 0. The van der Waals surface area contributed by atoms with Gasteiger partial charge in [-0.05, 0) is 22.9 Å². The summed E-state index contributed by atoms with van der Waals surface area (Å²) >= 11 is 3.24. The van der Waals surface area contributed by atoms with E-state index in [9.17, 15) is 0 Å². The van der Waals surface area contributed by atoms with Crippen LogP contribution in [0.1, 0.15) is 12.8 Å². The summed E-state index contributed by atoms with van der Waals surface area (Å²) in [6, 6.07) is 0. The van der Waals surface area contributed by atoms with E-state index >= 15 is 0 Å². The second-order valence-corrected chi connectivity index (χ2v) is 4.09. The van der Waals surface area contributed by atoms with Gasteiger partial charge in [-0.1, -0.05) is 0 Å². The van der Waals surface area contributed by atoms with Crippen LogP contribution in [0.15, 0.2) is 0 Å². The Morgan fingerprint density at radius 2 is 1.80 bits per heavy atom. The molecule has 0 amide bonds. The van der Waals surface area contributed by atoms with E-state index in [1.807, 2.05) is 0 Å². The molecule has 4 heteroatoms. The fraction of sp³-hybridized carbons (Fsp3) is 1.00. The summed E-state index contributed by atoms with van der Waals surface area (Å²) in [5, 5.41) is 0. The topological polar surface area (TPSA) is 9.23 Å². The van der Waals surface area contributed by atoms with Gasteiger partial charge in [-0.2, -0.15) is 0 Å². The van der Waals surface area contributed by atoms with Crippen molar-refractivity contribution < 1.29 is 4.74 Å². The summed E-state index contributed by atoms with van der Waals surface area (Å²) in [6.45, 7) is 1.57. The van der Waals surface area contributed by atoms with Gasteiger partial charge in [0, 0.05) is 13.2 Å². The molecule has 1 nitrogen and oxygen atoms in total. The molecule has 1 rings (SSSR count). The van der Waals surface area contributed by atoms with Gasteiger partial charge in [-0.25, -0.2) is 0 Å². The van der Waals surface area contributed by atoms with Crippen LogP contribution >= 0.6 is 15.9 Å². The van der Waals surface area contributed by atoms with Crippen molar-refractivity contribution in [2.45, 2.75) is 17.0 Å². The van der Waals surface area contributed by atoms with Crippen LogP contribution in [0.25, 0.3) is 0 Å². The molecule has 10 heavy (non-hydrogen) atoms. The van der Waals surface area contributed by atoms with Crippen LogP contribution in [0.2, 0.25) is 0 Å². The molecule has 4 radical (unpaired) electrons. The predicted octanol–water partition coefficient (Wildman–Crippen LogP) is 0.799. The standard InChI is InChI=1S/C6H9B2BrO/c7-6(8,9)5-1-3-10-4-2-5/h5H,1-4H2. The summed E-state index contributed by atoms with van der Waals surface area (Å²) in [6.07, 6.45) is 1.91. The molecule has 0 aromatic carbocycles. The largest absolute Gasteiger partial charge is 0.381 e. The molecule has 0 unspecified atom stereocenters. The Balaban J connectivity index is 2.39. The van der Waals surface area contributed by atoms with Gasteiger partial charge in [0.15, 0.2) is 0 Å². The molecular formula is C6H9B2BrO. The minimum Gasteiger partial charge on any atom is -0.381 e. The maximum absolute atomic E-state index is 5.65. The van der Waals surface area contributed by atoms with Gasteiger partial charge in [0.25, 0.3) is 0 Å². The van der Waals surface area contributed by atoms with E-state index < -0.39 is 4.12 Å². The molecule has 0 aliphatic carbocycles. The molecule has 1 saturated heterocycles. The second kappa shape index (κ2) is 3.31. The fourth-order valence-electron chi connectivity index (χ4n) is 1.14. The van der Waals surface area contributed by atoms with E-state index in [-0.39, 0.29) is 0 Å². The second-order valence-electron chi connectivity index (χ2n) is 2.71. The highest BCUT2D eigenvalue weighted by atomic mass is 79.9. The SMILES string of the molecule is [B]C([B])(Br)C1CCOCC1. The minimum atomic E-state index is -0.698. The average molecular weight is 199 g/mol. The van der Waals surface area contributed by atoms with E-state index in [0.717, 1.165) is 26.1 Å². The van der Waals surface area contributed by atoms with E-state index in [2.05, 4.69) is 15.9 Å². The number of hydrogen-bond acceptors (Lipinski definition) is 1. The van der Waals surface area contributed by atoms with E-state index in [1.165, 1.54) is 0 Å². The lowest BCUT2D eigenvalue weighted by atomic mass is 9.61. The van der Waals surface area contributed by atoms with Crippen molar-refractivity contribution in [2.24, 2.45) is 5.92 Å². The normalized spacial score (nSPS) is 22.9. The Morgan fingerprint density at radius 1 is 1.30 bits per heavy atom. The summed E-state index contributed by atoms with van der Waals surface area (Å²) < 4.78 is 4.47. The van der Waals surface area contributed by atoms with Gasteiger partial charge >= 0.3 is 0 Å². The van der Waals surface area contributed by atoms with E-state index in [4.69, 9.17) is 20.4 Å². The molecule has 0 aromatic heterocycles. The molecule has 0 N–H and O–H groups in total. The van der Waals surface area contributed by atoms with Gasteiger partial charge < -0.3 is 4.74 Å². The first-order chi connectivity index (χ1) is 4.61. The molecule has 0 atom stereocenters. The maximum atomic E-state index is 5.65.